The smallest absolute Gasteiger partial charge is 0.324 e. The lowest BCUT2D eigenvalue weighted by Gasteiger charge is -2.33. The second kappa shape index (κ2) is 9.51. The lowest BCUT2D eigenvalue weighted by atomic mass is 10.1. The van der Waals surface area contributed by atoms with Crippen LogP contribution in [0.25, 0.3) is 11.5 Å². The molecule has 3 aromatic rings. The molecule has 1 saturated heterocycles. The average molecular weight is 464 g/mol. The number of hydrogen-bond donors (Lipinski definition) is 0. The van der Waals surface area contributed by atoms with Crippen molar-refractivity contribution in [1.29, 1.82) is 0 Å². The van der Waals surface area contributed by atoms with Crippen LogP contribution in [0.3, 0.4) is 0 Å². The van der Waals surface area contributed by atoms with Crippen molar-refractivity contribution in [2.45, 2.75) is 13.0 Å². The van der Waals surface area contributed by atoms with Crippen LogP contribution in [-0.2, 0) is 17.3 Å². The van der Waals surface area contributed by atoms with Crippen molar-refractivity contribution in [3.8, 4) is 11.5 Å². The molecule has 1 aromatic heterocycles. The van der Waals surface area contributed by atoms with E-state index in [2.05, 4.69) is 10.2 Å². The van der Waals surface area contributed by atoms with Crippen LogP contribution in [-0.4, -0.2) is 49.9 Å². The molecule has 11 heteroatoms. The third-order valence-electron chi connectivity index (χ3n) is 4.99. The number of rotatable bonds is 5. The molecule has 4 rings (SSSR count). The molecular formula is C21H19F3N4O3S. The Morgan fingerprint density at radius 3 is 2.41 bits per heavy atom. The predicted molar refractivity (Wildman–Crippen MR) is 112 cm³/mol. The molecule has 0 N–H and O–H groups in total. The molecule has 0 saturated carbocycles. The van der Waals surface area contributed by atoms with Crippen molar-refractivity contribution >= 4 is 22.5 Å². The van der Waals surface area contributed by atoms with Gasteiger partial charge in [0.25, 0.3) is 5.89 Å². The van der Waals surface area contributed by atoms with Gasteiger partial charge in [0.2, 0.25) is 5.89 Å². The maximum Gasteiger partial charge on any atom is 0.324 e. The molecule has 2 heterocycles. The lowest BCUT2D eigenvalue weighted by Crippen LogP contribution is -2.48. The second-order valence-corrected chi connectivity index (χ2v) is 8.79. The Morgan fingerprint density at radius 2 is 1.78 bits per heavy atom. The van der Waals surface area contributed by atoms with Crippen LogP contribution in [0, 0.1) is 5.82 Å². The fourth-order valence-electron chi connectivity index (χ4n) is 3.30. The highest BCUT2D eigenvalue weighted by Gasteiger charge is 2.27. The van der Waals surface area contributed by atoms with E-state index in [-0.39, 0.29) is 24.2 Å². The first-order chi connectivity index (χ1) is 15.4. The molecule has 1 aliphatic rings. The van der Waals surface area contributed by atoms with E-state index in [9.17, 15) is 22.2 Å². The number of hydrogen-bond acceptors (Lipinski definition) is 5. The molecule has 2 amide bonds. The zero-order valence-corrected chi connectivity index (χ0v) is 17.6. The molecule has 0 atom stereocenters. The van der Waals surface area contributed by atoms with E-state index in [1.54, 1.807) is 41.3 Å². The van der Waals surface area contributed by atoms with E-state index >= 15 is 0 Å². The van der Waals surface area contributed by atoms with Crippen molar-refractivity contribution < 1.29 is 26.6 Å². The number of benzene rings is 2. The van der Waals surface area contributed by atoms with Gasteiger partial charge in [0, 0.05) is 41.0 Å². The summed E-state index contributed by atoms with van der Waals surface area (Å²) in [7, 11) is -0.953. The fraction of sp³-hybridized carbons (Fsp3) is 0.286. The van der Waals surface area contributed by atoms with Crippen molar-refractivity contribution in [1.82, 2.24) is 15.1 Å². The molecule has 7 nitrogen and oxygen atoms in total. The number of carbonyl (C=O) groups excluding carboxylic acids is 1. The highest BCUT2D eigenvalue weighted by atomic mass is 32.2. The van der Waals surface area contributed by atoms with Gasteiger partial charge < -0.3 is 9.32 Å². The Kier molecular flexibility index (Phi) is 6.54. The zero-order chi connectivity index (χ0) is 22.7. The number of anilines is 1. The van der Waals surface area contributed by atoms with E-state index in [1.807, 2.05) is 0 Å². The topological polar surface area (TPSA) is 79.5 Å². The van der Waals surface area contributed by atoms with Crippen LogP contribution in [0.1, 0.15) is 17.9 Å². The number of aromatic nitrogens is 2. The van der Waals surface area contributed by atoms with E-state index < -0.39 is 28.9 Å². The number of alkyl halides is 2. The molecule has 1 fully saturated rings. The molecule has 0 spiro atoms. The maximum absolute atomic E-state index is 14.5. The van der Waals surface area contributed by atoms with Crippen LogP contribution >= 0.6 is 0 Å². The first-order valence-electron chi connectivity index (χ1n) is 9.79. The molecule has 168 valence electrons. The highest BCUT2D eigenvalue weighted by Crippen LogP contribution is 2.26. The summed E-state index contributed by atoms with van der Waals surface area (Å²) in [6.45, 7) is 0.740. The van der Waals surface area contributed by atoms with Gasteiger partial charge in [-0.2, -0.15) is 8.78 Å². The summed E-state index contributed by atoms with van der Waals surface area (Å²) in [5, 5.41) is 6.91. The summed E-state index contributed by atoms with van der Waals surface area (Å²) in [4.78, 5) is 16.1. The van der Waals surface area contributed by atoms with E-state index in [1.165, 1.54) is 17.0 Å². The van der Waals surface area contributed by atoms with Gasteiger partial charge in [0.1, 0.15) is 5.82 Å². The van der Waals surface area contributed by atoms with E-state index in [0.29, 0.717) is 35.7 Å². The SMILES string of the molecule is O=C(N1CCS(=O)CC1)N(Cc1ccc(-c2nnc(C(F)F)o2)cc1)c1ccccc1F. The normalized spacial score (nSPS) is 14.7. The lowest BCUT2D eigenvalue weighted by molar-refractivity contribution is 0.116. The van der Waals surface area contributed by atoms with Crippen molar-refractivity contribution in [2.75, 3.05) is 29.5 Å². The molecule has 1 aliphatic heterocycles. The fourth-order valence-corrected chi connectivity index (χ4v) is 4.35. The number of halogens is 3. The maximum atomic E-state index is 14.5. The van der Waals surface area contributed by atoms with Gasteiger partial charge in [-0.05, 0) is 29.8 Å². The minimum atomic E-state index is -2.86. The summed E-state index contributed by atoms with van der Waals surface area (Å²) >= 11 is 0. The summed E-state index contributed by atoms with van der Waals surface area (Å²) in [5.41, 5.74) is 1.25. The van der Waals surface area contributed by atoms with Gasteiger partial charge in [-0.15, -0.1) is 10.2 Å². The number of urea groups is 1. The second-order valence-electron chi connectivity index (χ2n) is 7.10. The molecule has 32 heavy (non-hydrogen) atoms. The van der Waals surface area contributed by atoms with Crippen LogP contribution in [0.15, 0.2) is 52.9 Å². The van der Waals surface area contributed by atoms with Crippen molar-refractivity contribution in [3.05, 3.63) is 65.8 Å². The Balaban J connectivity index is 1.57. The van der Waals surface area contributed by atoms with Crippen LogP contribution in [0.2, 0.25) is 0 Å². The van der Waals surface area contributed by atoms with Crippen LogP contribution in [0.5, 0.6) is 0 Å². The Bertz CT molecular complexity index is 1110. The summed E-state index contributed by atoms with van der Waals surface area (Å²) < 4.78 is 56.5. The van der Waals surface area contributed by atoms with E-state index in [0.717, 1.165) is 0 Å². The summed E-state index contributed by atoms with van der Waals surface area (Å²) in [6, 6.07) is 12.2. The highest BCUT2D eigenvalue weighted by molar-refractivity contribution is 7.85. The molecule has 2 aromatic carbocycles. The molecule has 0 aliphatic carbocycles. The third-order valence-corrected chi connectivity index (χ3v) is 6.27. The van der Waals surface area contributed by atoms with Gasteiger partial charge in [0.05, 0.1) is 12.2 Å². The molecule has 0 radical (unpaired) electrons. The Morgan fingerprint density at radius 1 is 1.09 bits per heavy atom. The van der Waals surface area contributed by atoms with Crippen molar-refractivity contribution in [2.24, 2.45) is 0 Å². The first kappa shape index (κ1) is 22.0. The number of para-hydroxylation sites is 1. The third kappa shape index (κ3) is 4.82. The summed E-state index contributed by atoms with van der Waals surface area (Å²) in [5.74, 6) is -0.575. The van der Waals surface area contributed by atoms with Crippen LogP contribution in [0.4, 0.5) is 23.7 Å². The monoisotopic (exact) mass is 464 g/mol. The zero-order valence-electron chi connectivity index (χ0n) is 16.8. The number of carbonyl (C=O) groups is 1. The average Bonchev–Trinajstić information content (AvgIpc) is 3.29. The predicted octanol–water partition coefficient (Wildman–Crippen LogP) is 4.00. The van der Waals surface area contributed by atoms with Crippen LogP contribution < -0.4 is 4.90 Å². The van der Waals surface area contributed by atoms with Gasteiger partial charge >= 0.3 is 12.5 Å². The first-order valence-corrected chi connectivity index (χ1v) is 11.3. The van der Waals surface area contributed by atoms with Crippen molar-refractivity contribution in [3.63, 3.8) is 0 Å². The van der Waals surface area contributed by atoms with Gasteiger partial charge in [0.15, 0.2) is 0 Å². The standard InChI is InChI=1S/C21H19F3N4O3S/c22-16-3-1-2-4-17(16)28(21(29)27-9-11-32(30)12-10-27)13-14-5-7-15(8-6-14)19-25-26-20(31-19)18(23)24/h1-8,18H,9-13H2. The molecular weight excluding hydrogens is 445 g/mol. The largest absolute Gasteiger partial charge is 0.415 e. The molecule has 0 bridgehead atoms. The summed E-state index contributed by atoms with van der Waals surface area (Å²) in [6.07, 6.45) is -2.86. The number of amides is 2. The van der Waals surface area contributed by atoms with Gasteiger partial charge in [-0.3, -0.25) is 9.11 Å². The Labute approximate surface area is 184 Å². The quantitative estimate of drug-likeness (QED) is 0.570. The molecule has 0 unspecified atom stereocenters. The minimum absolute atomic E-state index is 0.0461. The number of nitrogens with zero attached hydrogens (tertiary/aromatic N) is 4. The van der Waals surface area contributed by atoms with Gasteiger partial charge in [-0.25, -0.2) is 9.18 Å². The Hall–Kier alpha value is -3.21. The minimum Gasteiger partial charge on any atom is -0.415 e. The van der Waals surface area contributed by atoms with E-state index in [4.69, 9.17) is 4.42 Å². The van der Waals surface area contributed by atoms with Gasteiger partial charge in [-0.1, -0.05) is 24.3 Å².